The molecule has 2 unspecified atom stereocenters. The molecule has 1 saturated heterocycles. The number of hydrogen-bond donors (Lipinski definition) is 2. The zero-order valence-electron chi connectivity index (χ0n) is 12.0. The van der Waals surface area contributed by atoms with Crippen molar-refractivity contribution < 1.29 is 9.53 Å². The van der Waals surface area contributed by atoms with Gasteiger partial charge >= 0.3 is 0 Å². The molecular weight excluding hydrogens is 228 g/mol. The molecule has 0 aromatic carbocycles. The lowest BCUT2D eigenvalue weighted by Gasteiger charge is -2.28. The maximum Gasteiger partial charge on any atom is 0.237 e. The molecule has 1 aliphatic rings. The smallest absolute Gasteiger partial charge is 0.237 e. The third-order valence-corrected chi connectivity index (χ3v) is 3.44. The van der Waals surface area contributed by atoms with Gasteiger partial charge in [0.2, 0.25) is 5.91 Å². The zero-order valence-corrected chi connectivity index (χ0v) is 12.0. The van der Waals surface area contributed by atoms with Gasteiger partial charge in [-0.15, -0.1) is 0 Å². The molecular formula is C14H28N2O2. The Morgan fingerprint density at radius 1 is 1.44 bits per heavy atom. The second kappa shape index (κ2) is 8.48. The summed E-state index contributed by atoms with van der Waals surface area (Å²) in [5.74, 6) is 1.22. The zero-order chi connectivity index (χ0) is 13.4. The molecule has 0 spiro atoms. The lowest BCUT2D eigenvalue weighted by Crippen LogP contribution is -2.51. The first-order chi connectivity index (χ1) is 8.61. The minimum Gasteiger partial charge on any atom is -0.380 e. The molecule has 0 aromatic rings. The number of carbonyl (C=O) groups excluding carboxylic acids is 1. The number of hydrogen-bond acceptors (Lipinski definition) is 3. The molecule has 4 nitrogen and oxygen atoms in total. The van der Waals surface area contributed by atoms with Crippen LogP contribution in [0.25, 0.3) is 0 Å². The highest BCUT2D eigenvalue weighted by Gasteiger charge is 2.26. The highest BCUT2D eigenvalue weighted by atomic mass is 16.5. The third kappa shape index (κ3) is 5.83. The van der Waals surface area contributed by atoms with Crippen molar-refractivity contribution in [3.05, 3.63) is 0 Å². The van der Waals surface area contributed by atoms with Crippen LogP contribution in [0.15, 0.2) is 0 Å². The van der Waals surface area contributed by atoms with Crippen molar-refractivity contribution in [2.75, 3.05) is 26.3 Å². The van der Waals surface area contributed by atoms with Gasteiger partial charge < -0.3 is 15.4 Å². The summed E-state index contributed by atoms with van der Waals surface area (Å²) >= 11 is 0. The van der Waals surface area contributed by atoms with Gasteiger partial charge in [0.1, 0.15) is 0 Å². The lowest BCUT2D eigenvalue weighted by atomic mass is 9.92. The van der Waals surface area contributed by atoms with Crippen molar-refractivity contribution >= 4 is 5.91 Å². The van der Waals surface area contributed by atoms with Gasteiger partial charge in [-0.05, 0) is 37.6 Å². The van der Waals surface area contributed by atoms with Crippen LogP contribution in [0.2, 0.25) is 0 Å². The predicted molar refractivity (Wildman–Crippen MR) is 73.5 cm³/mol. The molecule has 1 heterocycles. The van der Waals surface area contributed by atoms with Crippen LogP contribution in [0, 0.1) is 11.8 Å². The molecule has 0 bridgehead atoms. The van der Waals surface area contributed by atoms with E-state index < -0.39 is 0 Å². The number of nitrogens with one attached hydrogen (secondary N) is 2. The summed E-state index contributed by atoms with van der Waals surface area (Å²) in [4.78, 5) is 11.9. The minimum atomic E-state index is -0.0191. The minimum absolute atomic E-state index is 0.0191. The first-order valence-corrected chi connectivity index (χ1v) is 7.20. The second-order valence-electron chi connectivity index (χ2n) is 5.64. The summed E-state index contributed by atoms with van der Waals surface area (Å²) in [7, 11) is 0. The Kier molecular flexibility index (Phi) is 7.28. The van der Waals surface area contributed by atoms with E-state index >= 15 is 0 Å². The molecule has 2 atom stereocenters. The fourth-order valence-electron chi connectivity index (χ4n) is 2.18. The molecule has 0 aromatic heterocycles. The summed E-state index contributed by atoms with van der Waals surface area (Å²) in [6.07, 6.45) is 3.38. The predicted octanol–water partition coefficient (Wildman–Crippen LogP) is 1.55. The van der Waals surface area contributed by atoms with E-state index in [1.807, 2.05) is 0 Å². The van der Waals surface area contributed by atoms with E-state index in [1.165, 1.54) is 6.42 Å². The van der Waals surface area contributed by atoms with E-state index in [2.05, 4.69) is 31.4 Å². The monoisotopic (exact) mass is 256 g/mol. The van der Waals surface area contributed by atoms with E-state index in [-0.39, 0.29) is 11.9 Å². The van der Waals surface area contributed by atoms with Gasteiger partial charge in [0.15, 0.2) is 0 Å². The van der Waals surface area contributed by atoms with Gasteiger partial charge in [0.05, 0.1) is 12.6 Å². The summed E-state index contributed by atoms with van der Waals surface area (Å²) < 4.78 is 5.47. The van der Waals surface area contributed by atoms with Crippen LogP contribution >= 0.6 is 0 Å². The molecule has 1 rings (SSSR count). The Morgan fingerprint density at radius 3 is 2.89 bits per heavy atom. The normalized spacial score (nSPS) is 24.2. The third-order valence-electron chi connectivity index (χ3n) is 3.44. The van der Waals surface area contributed by atoms with Gasteiger partial charge in [0, 0.05) is 13.2 Å². The summed E-state index contributed by atoms with van der Waals surface area (Å²) in [6.45, 7) is 9.46. The van der Waals surface area contributed by atoms with Crippen molar-refractivity contribution in [3.63, 3.8) is 0 Å². The van der Waals surface area contributed by atoms with E-state index in [0.717, 1.165) is 26.0 Å². The van der Waals surface area contributed by atoms with Crippen molar-refractivity contribution in [1.82, 2.24) is 10.6 Å². The number of ether oxygens (including phenoxy) is 1. The number of amides is 1. The molecule has 1 aliphatic heterocycles. The van der Waals surface area contributed by atoms with Gasteiger partial charge in [0.25, 0.3) is 0 Å². The van der Waals surface area contributed by atoms with Gasteiger partial charge in [-0.2, -0.15) is 0 Å². The van der Waals surface area contributed by atoms with Gasteiger partial charge in [-0.25, -0.2) is 0 Å². The Hall–Kier alpha value is -0.610. The first kappa shape index (κ1) is 15.4. The fourth-order valence-corrected chi connectivity index (χ4v) is 2.18. The number of rotatable bonds is 7. The molecule has 1 amide bonds. The van der Waals surface area contributed by atoms with Crippen LogP contribution in [0.3, 0.4) is 0 Å². The van der Waals surface area contributed by atoms with Crippen LogP contribution in [-0.2, 0) is 9.53 Å². The van der Waals surface area contributed by atoms with E-state index in [0.29, 0.717) is 25.0 Å². The van der Waals surface area contributed by atoms with Gasteiger partial charge in [-0.1, -0.05) is 20.8 Å². The first-order valence-electron chi connectivity index (χ1n) is 7.20. The van der Waals surface area contributed by atoms with Crippen LogP contribution < -0.4 is 10.6 Å². The van der Waals surface area contributed by atoms with E-state index in [1.54, 1.807) is 0 Å². The van der Waals surface area contributed by atoms with Crippen LogP contribution in [0.4, 0.5) is 0 Å². The average molecular weight is 256 g/mol. The standard InChI is InChI=1S/C14H28N2O2/c1-11(2)6-9-18-10-8-16-14(17)13-12(3)5-4-7-15-13/h11-13,15H,4-10H2,1-3H3,(H,16,17). The Bertz CT molecular complexity index is 244. The Balaban J connectivity index is 2.06. The molecule has 0 radical (unpaired) electrons. The van der Waals surface area contributed by atoms with Crippen LogP contribution in [-0.4, -0.2) is 38.3 Å². The summed E-state index contributed by atoms with van der Waals surface area (Å²) in [5, 5.41) is 6.23. The van der Waals surface area contributed by atoms with Crippen molar-refractivity contribution in [2.24, 2.45) is 11.8 Å². The lowest BCUT2D eigenvalue weighted by molar-refractivity contribution is -0.125. The fraction of sp³-hybridized carbons (Fsp3) is 0.929. The molecule has 0 saturated carbocycles. The maximum absolute atomic E-state index is 11.9. The number of piperidine rings is 1. The van der Waals surface area contributed by atoms with E-state index in [9.17, 15) is 4.79 Å². The molecule has 1 fully saturated rings. The summed E-state index contributed by atoms with van der Waals surface area (Å²) in [6, 6.07) is -0.0191. The van der Waals surface area contributed by atoms with Crippen LogP contribution in [0.5, 0.6) is 0 Å². The molecule has 2 N–H and O–H groups in total. The van der Waals surface area contributed by atoms with Crippen molar-refractivity contribution in [1.29, 1.82) is 0 Å². The molecule has 0 aliphatic carbocycles. The largest absolute Gasteiger partial charge is 0.380 e. The Labute approximate surface area is 111 Å². The quantitative estimate of drug-likeness (QED) is 0.680. The topological polar surface area (TPSA) is 50.4 Å². The molecule has 106 valence electrons. The SMILES string of the molecule is CC(C)CCOCCNC(=O)C1NCCCC1C. The number of carbonyl (C=O) groups is 1. The average Bonchev–Trinajstić information content (AvgIpc) is 2.33. The van der Waals surface area contributed by atoms with Gasteiger partial charge in [-0.3, -0.25) is 4.79 Å². The maximum atomic E-state index is 11.9. The van der Waals surface area contributed by atoms with Crippen LogP contribution in [0.1, 0.15) is 40.0 Å². The Morgan fingerprint density at radius 2 is 2.22 bits per heavy atom. The summed E-state index contributed by atoms with van der Waals surface area (Å²) in [5.41, 5.74) is 0. The highest BCUT2D eigenvalue weighted by Crippen LogP contribution is 2.15. The van der Waals surface area contributed by atoms with E-state index in [4.69, 9.17) is 4.74 Å². The van der Waals surface area contributed by atoms with Crippen molar-refractivity contribution in [3.8, 4) is 0 Å². The second-order valence-corrected chi connectivity index (χ2v) is 5.64. The van der Waals surface area contributed by atoms with Crippen molar-refractivity contribution in [2.45, 2.75) is 46.1 Å². The molecule has 18 heavy (non-hydrogen) atoms. The molecule has 4 heteroatoms. The highest BCUT2D eigenvalue weighted by molar-refractivity contribution is 5.82.